The molecule has 0 spiro atoms. The van der Waals surface area contributed by atoms with Gasteiger partial charge in [-0.25, -0.2) is 4.68 Å². The predicted octanol–water partition coefficient (Wildman–Crippen LogP) is 2.14. The van der Waals surface area contributed by atoms with E-state index in [1.807, 2.05) is 44.2 Å². The van der Waals surface area contributed by atoms with Gasteiger partial charge in [-0.3, -0.25) is 14.2 Å². The summed E-state index contributed by atoms with van der Waals surface area (Å²) in [5, 5.41) is 14.5. The number of aliphatic carboxylic acids is 1. The molecule has 1 N–H and O–H groups in total. The first-order valence-electron chi connectivity index (χ1n) is 7.42. The molecule has 0 unspecified atom stereocenters. The minimum absolute atomic E-state index is 0.325. The van der Waals surface area contributed by atoms with Gasteiger partial charge in [0, 0.05) is 11.5 Å². The van der Waals surface area contributed by atoms with E-state index >= 15 is 0 Å². The van der Waals surface area contributed by atoms with Crippen molar-refractivity contribution in [3.8, 4) is 5.69 Å². The molecule has 2 heterocycles. The maximum Gasteiger partial charge on any atom is 0.323 e. The molecule has 0 amide bonds. The van der Waals surface area contributed by atoms with Crippen molar-refractivity contribution in [2.24, 2.45) is 0 Å². The van der Waals surface area contributed by atoms with E-state index < -0.39 is 12.5 Å². The summed E-state index contributed by atoms with van der Waals surface area (Å²) in [6.45, 7) is 3.45. The zero-order valence-corrected chi connectivity index (χ0v) is 13.0. The van der Waals surface area contributed by atoms with Crippen LogP contribution in [-0.4, -0.2) is 25.4 Å². The Morgan fingerprint density at radius 2 is 1.96 bits per heavy atom. The van der Waals surface area contributed by atoms with Crippen LogP contribution >= 0.6 is 0 Å². The molecule has 1 aromatic carbocycles. The zero-order chi connectivity index (χ0) is 16.6. The standard InChI is InChI=1S/C17H17N3O3/c1-3-12-9-14(21)19(10-15(22)23)17-16(12)11(2)18-20(17)13-7-5-4-6-8-13/h4-9H,3,10H2,1-2H3,(H,22,23). The van der Waals surface area contributed by atoms with Gasteiger partial charge in [-0.2, -0.15) is 5.10 Å². The molecule has 3 rings (SSSR count). The summed E-state index contributed by atoms with van der Waals surface area (Å²) in [5.74, 6) is -1.06. The number of rotatable bonds is 4. The lowest BCUT2D eigenvalue weighted by Crippen LogP contribution is -2.26. The maximum absolute atomic E-state index is 12.4. The Morgan fingerprint density at radius 3 is 2.57 bits per heavy atom. The third kappa shape index (κ3) is 2.52. The summed E-state index contributed by atoms with van der Waals surface area (Å²) in [6, 6.07) is 10.9. The van der Waals surface area contributed by atoms with Crippen molar-refractivity contribution in [3.05, 3.63) is 58.0 Å². The number of hydrogen-bond acceptors (Lipinski definition) is 3. The molecule has 0 fully saturated rings. The van der Waals surface area contributed by atoms with Gasteiger partial charge in [0.15, 0.2) is 0 Å². The molecule has 6 nitrogen and oxygen atoms in total. The molecule has 0 aliphatic rings. The molecular weight excluding hydrogens is 294 g/mol. The Hall–Kier alpha value is -2.89. The number of aromatic nitrogens is 3. The first kappa shape index (κ1) is 15.0. The van der Waals surface area contributed by atoms with Gasteiger partial charge in [0.2, 0.25) is 0 Å². The molecule has 6 heteroatoms. The Labute approximate surface area is 132 Å². The number of carboxylic acids is 1. The third-order valence-electron chi connectivity index (χ3n) is 3.85. The number of hydrogen-bond donors (Lipinski definition) is 1. The number of aryl methyl sites for hydroxylation is 2. The van der Waals surface area contributed by atoms with Crippen LogP contribution in [0.2, 0.25) is 0 Å². The van der Waals surface area contributed by atoms with E-state index in [0.717, 1.165) is 22.3 Å². The average Bonchev–Trinajstić information content (AvgIpc) is 2.88. The van der Waals surface area contributed by atoms with Crippen LogP contribution in [0.3, 0.4) is 0 Å². The highest BCUT2D eigenvalue weighted by atomic mass is 16.4. The quantitative estimate of drug-likeness (QED) is 0.801. The van der Waals surface area contributed by atoms with Crippen LogP contribution in [0.5, 0.6) is 0 Å². The molecule has 0 radical (unpaired) electrons. The summed E-state index contributed by atoms with van der Waals surface area (Å²) >= 11 is 0. The van der Waals surface area contributed by atoms with Gasteiger partial charge in [-0.1, -0.05) is 25.1 Å². The van der Waals surface area contributed by atoms with E-state index in [1.54, 1.807) is 4.68 Å². The van der Waals surface area contributed by atoms with E-state index in [-0.39, 0.29) is 5.56 Å². The molecule has 2 aromatic heterocycles. The van der Waals surface area contributed by atoms with Crippen molar-refractivity contribution in [3.63, 3.8) is 0 Å². The maximum atomic E-state index is 12.4. The zero-order valence-electron chi connectivity index (χ0n) is 13.0. The number of para-hydroxylation sites is 1. The van der Waals surface area contributed by atoms with Crippen LogP contribution in [0, 0.1) is 6.92 Å². The van der Waals surface area contributed by atoms with Crippen LogP contribution in [0.1, 0.15) is 18.2 Å². The highest BCUT2D eigenvalue weighted by Crippen LogP contribution is 2.24. The highest BCUT2D eigenvalue weighted by Gasteiger charge is 2.19. The number of carboxylic acid groups (broad SMARTS) is 1. The van der Waals surface area contributed by atoms with Crippen molar-refractivity contribution in [2.45, 2.75) is 26.8 Å². The van der Waals surface area contributed by atoms with Gasteiger partial charge in [-0.15, -0.1) is 0 Å². The van der Waals surface area contributed by atoms with E-state index in [1.165, 1.54) is 10.6 Å². The summed E-state index contributed by atoms with van der Waals surface area (Å²) in [6.07, 6.45) is 0.682. The first-order valence-corrected chi connectivity index (χ1v) is 7.42. The van der Waals surface area contributed by atoms with Crippen molar-refractivity contribution in [1.82, 2.24) is 14.3 Å². The molecule has 0 saturated heterocycles. The van der Waals surface area contributed by atoms with Crippen LogP contribution in [0.25, 0.3) is 16.7 Å². The van der Waals surface area contributed by atoms with Crippen molar-refractivity contribution >= 4 is 17.0 Å². The van der Waals surface area contributed by atoms with E-state index in [9.17, 15) is 9.59 Å². The highest BCUT2D eigenvalue weighted by molar-refractivity contribution is 5.85. The van der Waals surface area contributed by atoms with Gasteiger partial charge >= 0.3 is 5.97 Å². The lowest BCUT2D eigenvalue weighted by atomic mass is 10.1. The number of nitrogens with zero attached hydrogens (tertiary/aromatic N) is 3. The fourth-order valence-corrected chi connectivity index (χ4v) is 2.86. The van der Waals surface area contributed by atoms with Crippen LogP contribution < -0.4 is 5.56 Å². The second kappa shape index (κ2) is 5.72. The first-order chi connectivity index (χ1) is 11.0. The van der Waals surface area contributed by atoms with Gasteiger partial charge < -0.3 is 5.11 Å². The Kier molecular flexibility index (Phi) is 3.73. The van der Waals surface area contributed by atoms with E-state index in [0.29, 0.717) is 12.1 Å². The fourth-order valence-electron chi connectivity index (χ4n) is 2.86. The van der Waals surface area contributed by atoms with Gasteiger partial charge in [0.25, 0.3) is 5.56 Å². The lowest BCUT2D eigenvalue weighted by Gasteiger charge is -2.11. The largest absolute Gasteiger partial charge is 0.480 e. The lowest BCUT2D eigenvalue weighted by molar-refractivity contribution is -0.137. The molecule has 23 heavy (non-hydrogen) atoms. The second-order valence-electron chi connectivity index (χ2n) is 5.37. The SMILES string of the molecule is CCc1cc(=O)n(CC(=O)O)c2c1c(C)nn2-c1ccccc1. The molecule has 0 saturated carbocycles. The number of benzene rings is 1. The molecule has 3 aromatic rings. The molecule has 118 valence electrons. The van der Waals surface area contributed by atoms with E-state index in [2.05, 4.69) is 5.10 Å². The topological polar surface area (TPSA) is 77.1 Å². The fraction of sp³-hybridized carbons (Fsp3) is 0.235. The summed E-state index contributed by atoms with van der Waals surface area (Å²) in [5.41, 5.74) is 2.65. The van der Waals surface area contributed by atoms with Crippen molar-refractivity contribution in [2.75, 3.05) is 0 Å². The van der Waals surface area contributed by atoms with Gasteiger partial charge in [-0.05, 0) is 31.0 Å². The molecule has 0 aliphatic heterocycles. The van der Waals surface area contributed by atoms with Crippen LogP contribution in [0.15, 0.2) is 41.2 Å². The molecular formula is C17H17N3O3. The second-order valence-corrected chi connectivity index (χ2v) is 5.37. The monoisotopic (exact) mass is 311 g/mol. The Bertz CT molecular complexity index is 939. The summed E-state index contributed by atoms with van der Waals surface area (Å²) < 4.78 is 2.91. The molecule has 0 bridgehead atoms. The number of fused-ring (bicyclic) bond motifs is 1. The Morgan fingerprint density at radius 1 is 1.26 bits per heavy atom. The number of carbonyl (C=O) groups is 1. The van der Waals surface area contributed by atoms with Gasteiger partial charge in [0.1, 0.15) is 12.2 Å². The van der Waals surface area contributed by atoms with Crippen molar-refractivity contribution < 1.29 is 9.90 Å². The van der Waals surface area contributed by atoms with Crippen LogP contribution in [-0.2, 0) is 17.8 Å². The normalized spacial score (nSPS) is 11.0. The minimum atomic E-state index is -1.06. The molecule has 0 atom stereocenters. The third-order valence-corrected chi connectivity index (χ3v) is 3.85. The van der Waals surface area contributed by atoms with Crippen molar-refractivity contribution in [1.29, 1.82) is 0 Å². The summed E-state index contributed by atoms with van der Waals surface area (Å²) in [4.78, 5) is 23.6. The van der Waals surface area contributed by atoms with Gasteiger partial charge in [0.05, 0.1) is 11.4 Å². The predicted molar refractivity (Wildman–Crippen MR) is 87.1 cm³/mol. The minimum Gasteiger partial charge on any atom is -0.480 e. The summed E-state index contributed by atoms with van der Waals surface area (Å²) in [7, 11) is 0. The smallest absolute Gasteiger partial charge is 0.323 e. The Balaban J connectivity index is 2.45. The van der Waals surface area contributed by atoms with E-state index in [4.69, 9.17) is 5.11 Å². The number of pyridine rings is 1. The molecule has 0 aliphatic carbocycles. The average molecular weight is 311 g/mol. The van der Waals surface area contributed by atoms with Crippen LogP contribution in [0.4, 0.5) is 0 Å².